The van der Waals surface area contributed by atoms with E-state index in [0.717, 1.165) is 5.56 Å². The largest absolute Gasteiger partial charge is 0.358 e. The van der Waals surface area contributed by atoms with E-state index in [0.29, 0.717) is 6.54 Å². The summed E-state index contributed by atoms with van der Waals surface area (Å²) in [7, 11) is 0. The first-order chi connectivity index (χ1) is 4.43. The molecule has 0 amide bonds. The fourth-order valence-electron chi connectivity index (χ4n) is 0.675. The summed E-state index contributed by atoms with van der Waals surface area (Å²) in [5.41, 5.74) is 1.09. The Morgan fingerprint density at radius 2 is 1.73 bits per heavy atom. The molecule has 0 N–H and O–H groups in total. The third-order valence-corrected chi connectivity index (χ3v) is 1.10. The van der Waals surface area contributed by atoms with Gasteiger partial charge in [-0.1, -0.05) is 30.3 Å². The predicted octanol–water partition coefficient (Wildman–Crippen LogP) is 2.56. The molecule has 0 fully saturated rings. The molecule has 0 saturated heterocycles. The summed E-state index contributed by atoms with van der Waals surface area (Å²) in [5.74, 6) is 0. The maximum absolute atomic E-state index is 6.57. The van der Waals surface area contributed by atoms with Crippen molar-refractivity contribution in [1.29, 1.82) is 0 Å². The Labute approximate surface area is 62.1 Å². The van der Waals surface area contributed by atoms with E-state index in [4.69, 9.17) is 6.57 Å². The van der Waals surface area contributed by atoms with E-state index in [1.54, 1.807) is 0 Å². The normalized spacial score (nSPS) is 6.82. The van der Waals surface area contributed by atoms with Gasteiger partial charge in [0.15, 0.2) is 0 Å². The van der Waals surface area contributed by atoms with Crippen LogP contribution in [0, 0.1) is 14.0 Å². The van der Waals surface area contributed by atoms with Crippen molar-refractivity contribution in [3.63, 3.8) is 0 Å². The molecule has 0 aliphatic carbocycles. The summed E-state index contributed by atoms with van der Waals surface area (Å²) in [5, 5.41) is 0. The number of rotatable bonds is 1. The number of hydrogen-bond acceptors (Lipinski definition) is 0. The standard InChI is InChI=1S/C8H7N.CH3.Fm/c1-9-7-8-5-3-2-4-6-8;;/h2-6H,7H2;1H3;/q;-1;. The molecule has 0 heterocycles. The van der Waals surface area contributed by atoms with Gasteiger partial charge in [-0.25, -0.2) is 6.57 Å². The Bertz CT molecular complexity index is 213. The predicted molar refractivity (Wildman–Crippen MR) is 43.2 cm³/mol. The summed E-state index contributed by atoms with van der Waals surface area (Å²) in [6.45, 7) is 7.07. The van der Waals surface area contributed by atoms with Crippen molar-refractivity contribution in [1.82, 2.24) is 0 Å². The van der Waals surface area contributed by atoms with Gasteiger partial charge in [-0.05, 0) is 0 Å². The second-order valence-electron chi connectivity index (χ2n) is 1.80. The van der Waals surface area contributed by atoms with Gasteiger partial charge in [0.1, 0.15) is 0 Å². The molecule has 2 heteroatoms. The van der Waals surface area contributed by atoms with Gasteiger partial charge in [-0.3, -0.25) is 0 Å². The molecule has 1 nitrogen and oxygen atoms in total. The van der Waals surface area contributed by atoms with Crippen LogP contribution in [0.15, 0.2) is 30.3 Å². The van der Waals surface area contributed by atoms with E-state index >= 15 is 0 Å². The van der Waals surface area contributed by atoms with Gasteiger partial charge in [0.05, 0.1) is 0 Å². The molecular formula is C9H10FmN-. The molecule has 0 atom stereocenters. The van der Waals surface area contributed by atoms with E-state index < -0.39 is 0 Å². The maximum atomic E-state index is 6.57. The first-order valence-electron chi connectivity index (χ1n) is 2.80. The van der Waals surface area contributed by atoms with Crippen LogP contribution >= 0.6 is 0 Å². The Hall–Kier alpha value is -2.29. The smallest absolute Gasteiger partial charge is 0.239 e. The zero-order valence-electron chi connectivity index (χ0n) is 6.33. The summed E-state index contributed by atoms with van der Waals surface area (Å²) < 4.78 is 0. The van der Waals surface area contributed by atoms with Crippen LogP contribution in [0.1, 0.15) is 5.56 Å². The van der Waals surface area contributed by atoms with Crippen LogP contribution in [0.2, 0.25) is 0 Å². The van der Waals surface area contributed by atoms with Gasteiger partial charge >= 0.3 is 0 Å². The Balaban J connectivity index is 0. The van der Waals surface area contributed by atoms with Crippen molar-refractivity contribution < 1.29 is 0 Å². The third-order valence-electron chi connectivity index (χ3n) is 1.10. The third kappa shape index (κ3) is 3.31. The topological polar surface area (TPSA) is 4.36 Å². The van der Waals surface area contributed by atoms with Gasteiger partial charge in [0, 0.05) is 5.56 Å². The molecule has 0 aromatic heterocycles. The second kappa shape index (κ2) is 5.84. The maximum Gasteiger partial charge on any atom is 0.239 e. The quantitative estimate of drug-likeness (QED) is 0.651. The van der Waals surface area contributed by atoms with Crippen molar-refractivity contribution in [2.75, 3.05) is 0 Å². The van der Waals surface area contributed by atoms with Crippen LogP contribution in [0.25, 0.3) is 4.85 Å². The minimum absolute atomic E-state index is 0. The Morgan fingerprint density at radius 1 is 1.18 bits per heavy atom. The van der Waals surface area contributed by atoms with E-state index in [2.05, 4.69) is 4.85 Å². The van der Waals surface area contributed by atoms with Crippen LogP contribution in [-0.2, 0) is 6.54 Å². The van der Waals surface area contributed by atoms with Crippen molar-refractivity contribution in [2.24, 2.45) is 0 Å². The van der Waals surface area contributed by atoms with Gasteiger partial charge in [0.2, 0.25) is 6.54 Å². The fourth-order valence-corrected chi connectivity index (χ4v) is 0.675. The van der Waals surface area contributed by atoms with E-state index in [-0.39, 0.29) is 7.43 Å². The summed E-state index contributed by atoms with van der Waals surface area (Å²) in [6.07, 6.45) is 0. The molecule has 1 aromatic rings. The van der Waals surface area contributed by atoms with Crippen molar-refractivity contribution in [3.05, 3.63) is 54.7 Å². The van der Waals surface area contributed by atoms with Crippen LogP contribution in [-0.4, -0.2) is 0 Å². The second-order valence-corrected chi connectivity index (χ2v) is 1.80. The van der Waals surface area contributed by atoms with Crippen molar-refractivity contribution in [2.45, 2.75) is 6.54 Å². The number of nitrogens with zero attached hydrogens (tertiary/aromatic N) is 1. The minimum atomic E-state index is 0. The van der Waals surface area contributed by atoms with Crippen LogP contribution in [0.3, 0.4) is 0 Å². The van der Waals surface area contributed by atoms with Crippen LogP contribution < -0.4 is 0 Å². The molecule has 0 spiro atoms. The average molecular weight is 389 g/mol. The molecule has 0 saturated carbocycles. The van der Waals surface area contributed by atoms with Crippen LogP contribution in [0.4, 0.5) is 0 Å². The molecule has 0 radical (unpaired) electrons. The molecule has 1 aromatic carbocycles. The molecular weight excluding hydrogens is 379 g/mol. The summed E-state index contributed by atoms with van der Waals surface area (Å²) in [6, 6.07) is 9.75. The van der Waals surface area contributed by atoms with Crippen LogP contribution in [0.5, 0.6) is 0 Å². The van der Waals surface area contributed by atoms with Gasteiger partial charge in [-0.2, -0.15) is 0 Å². The fraction of sp³-hybridized carbons (Fsp3) is 0.111. The molecule has 1 rings (SSSR count). The average Bonchev–Trinajstić information content (AvgIpc) is 1.91. The number of hydrogen-bond donors (Lipinski definition) is 0. The summed E-state index contributed by atoms with van der Waals surface area (Å²) >= 11 is 0. The van der Waals surface area contributed by atoms with Crippen molar-refractivity contribution >= 4 is 0 Å². The molecule has 64 valence electrons. The van der Waals surface area contributed by atoms with Crippen molar-refractivity contribution in [3.8, 4) is 0 Å². The molecule has 0 aliphatic rings. The Kier molecular flexibility index (Phi) is 6.10. The molecule has 0 unspecified atom stereocenters. The SMILES string of the molecule is [C-]#[N+]Cc1ccccc1.[CH3-].[Fm]. The van der Waals surface area contributed by atoms with E-state index in [9.17, 15) is 0 Å². The summed E-state index contributed by atoms with van der Waals surface area (Å²) in [4.78, 5) is 3.26. The van der Waals surface area contributed by atoms with Gasteiger partial charge in [-0.15, -0.1) is 0 Å². The first kappa shape index (κ1) is 11.5. The molecule has 0 aliphatic heterocycles. The van der Waals surface area contributed by atoms with E-state index in [1.807, 2.05) is 30.3 Å². The minimum Gasteiger partial charge on any atom is -0.358 e. The molecule has 11 heavy (non-hydrogen) atoms. The monoisotopic (exact) mass is 389 g/mol. The zero-order valence-corrected chi connectivity index (χ0v) is 8.73. The first-order valence-corrected chi connectivity index (χ1v) is 2.80. The molecule has 0 bridgehead atoms. The number of benzene rings is 1. The van der Waals surface area contributed by atoms with Gasteiger partial charge in [0.25, 0.3) is 0 Å². The zero-order chi connectivity index (χ0) is 6.53. The van der Waals surface area contributed by atoms with Gasteiger partial charge < -0.3 is 12.3 Å². The Morgan fingerprint density at radius 3 is 2.18 bits per heavy atom. The van der Waals surface area contributed by atoms with E-state index in [1.165, 1.54) is 0 Å².